The second-order valence-corrected chi connectivity index (χ2v) is 25.3. The zero-order valence-corrected chi connectivity index (χ0v) is 50.2. The quantitative estimate of drug-likeness (QED) is 0.136. The summed E-state index contributed by atoms with van der Waals surface area (Å²) in [7, 11) is 0. The maximum Gasteiger partial charge on any atom is 0.0597 e. The van der Waals surface area contributed by atoms with Gasteiger partial charge in [0.1, 0.15) is 0 Å². The van der Waals surface area contributed by atoms with Crippen LogP contribution in [0.3, 0.4) is 0 Å². The van der Waals surface area contributed by atoms with Gasteiger partial charge < -0.3 is 18.9 Å². The minimum Gasteiger partial charge on any atom is -0.310 e. The normalized spacial score (nSPS) is 12.8. The van der Waals surface area contributed by atoms with Crippen LogP contribution in [-0.2, 0) is 12.8 Å². The maximum absolute atomic E-state index is 2.63. The molecule has 0 amide bonds. The zero-order chi connectivity index (χ0) is 56.1. The van der Waals surface area contributed by atoms with E-state index in [0.717, 1.165) is 12.8 Å². The van der Waals surface area contributed by atoms with E-state index in [0.29, 0.717) is 23.7 Å². The Morgan fingerprint density at radius 2 is 0.600 bits per heavy atom. The highest BCUT2D eigenvalue weighted by molar-refractivity contribution is 6.21. The van der Waals surface area contributed by atoms with Gasteiger partial charge in [0.05, 0.1) is 33.4 Å². The number of hydrogen-bond donors (Lipinski definition) is 0. The number of benzene rings is 9. The number of fused-ring (bicyclic) bond motifs is 10. The summed E-state index contributed by atoms with van der Waals surface area (Å²) >= 11 is 0. The molecule has 4 heterocycles. The van der Waals surface area contributed by atoms with Gasteiger partial charge in [-0.2, -0.15) is 0 Å². The van der Waals surface area contributed by atoms with E-state index in [2.05, 4.69) is 263 Å². The summed E-state index contributed by atoms with van der Waals surface area (Å²) < 4.78 is 5.25. The summed E-state index contributed by atoms with van der Waals surface area (Å²) in [5.74, 6) is 1.76. The number of hydrogen-bond acceptors (Lipinski definition) is 2. The van der Waals surface area contributed by atoms with E-state index in [1.54, 1.807) is 0 Å². The molecule has 0 saturated carbocycles. The van der Waals surface area contributed by atoms with Gasteiger partial charge >= 0.3 is 0 Å². The van der Waals surface area contributed by atoms with Gasteiger partial charge in [-0.25, -0.2) is 0 Å². The van der Waals surface area contributed by atoms with Gasteiger partial charge in [0.2, 0.25) is 0 Å². The molecule has 402 valence electrons. The Bertz CT molecular complexity index is 3910. The Morgan fingerprint density at radius 3 is 0.875 bits per heavy atom. The molecule has 0 N–H and O–H groups in total. The van der Waals surface area contributed by atoms with Crippen molar-refractivity contribution in [1.82, 2.24) is 9.13 Å². The van der Waals surface area contributed by atoms with Crippen LogP contribution < -0.4 is 9.80 Å². The third kappa shape index (κ3) is 7.75. The topological polar surface area (TPSA) is 16.3 Å². The molecule has 0 aliphatic carbocycles. The van der Waals surface area contributed by atoms with Crippen LogP contribution in [0, 0.1) is 55.4 Å². The molecule has 2 aliphatic rings. The van der Waals surface area contributed by atoms with Gasteiger partial charge in [-0.15, -0.1) is 0 Å². The van der Waals surface area contributed by atoms with Crippen molar-refractivity contribution in [3.05, 3.63) is 222 Å². The molecule has 2 aliphatic heterocycles. The highest BCUT2D eigenvalue weighted by Gasteiger charge is 2.33. The van der Waals surface area contributed by atoms with Crippen molar-refractivity contribution < 1.29 is 0 Å². The van der Waals surface area contributed by atoms with Crippen molar-refractivity contribution in [2.75, 3.05) is 9.80 Å². The van der Waals surface area contributed by atoms with Gasteiger partial charge in [-0.1, -0.05) is 104 Å². The second kappa shape index (κ2) is 18.9. The van der Waals surface area contributed by atoms with Gasteiger partial charge in [0, 0.05) is 79.6 Å². The number of anilines is 6. The predicted molar refractivity (Wildman–Crippen MR) is 344 cm³/mol. The lowest BCUT2D eigenvalue weighted by Crippen LogP contribution is -2.17. The van der Waals surface area contributed by atoms with Crippen LogP contribution in [0.1, 0.15) is 168 Å². The lowest BCUT2D eigenvalue weighted by Gasteiger charge is -2.32. The van der Waals surface area contributed by atoms with E-state index >= 15 is 0 Å². The first-order chi connectivity index (χ1) is 38.3. The summed E-state index contributed by atoms with van der Waals surface area (Å²) in [4.78, 5) is 5.18. The number of aryl methyl sites for hydroxylation is 8. The molecule has 4 nitrogen and oxygen atoms in total. The van der Waals surface area contributed by atoms with E-state index in [1.807, 2.05) is 0 Å². The molecule has 0 radical (unpaired) electrons. The highest BCUT2D eigenvalue weighted by Crippen LogP contribution is 2.52. The number of nitrogens with zero attached hydrogens (tertiary/aromatic N) is 4. The van der Waals surface area contributed by atoms with Crippen LogP contribution in [-0.4, -0.2) is 9.13 Å². The summed E-state index contributed by atoms with van der Waals surface area (Å²) in [5.41, 5.74) is 36.9. The Balaban J connectivity index is 1.10. The van der Waals surface area contributed by atoms with Crippen LogP contribution in [0.25, 0.3) is 55.0 Å². The maximum atomic E-state index is 2.63. The summed E-state index contributed by atoms with van der Waals surface area (Å²) in [5, 5.41) is 5.14. The van der Waals surface area contributed by atoms with Crippen molar-refractivity contribution in [3.63, 3.8) is 0 Å². The van der Waals surface area contributed by atoms with Crippen LogP contribution in [0.5, 0.6) is 0 Å². The molecule has 0 atom stereocenters. The Labute approximate surface area is 475 Å². The minimum atomic E-state index is 0.440. The molecule has 11 aromatic rings. The van der Waals surface area contributed by atoms with Gasteiger partial charge in [-0.3, -0.25) is 0 Å². The summed E-state index contributed by atoms with van der Waals surface area (Å²) in [6.07, 6.45) is 1.67. The molecule has 0 fully saturated rings. The van der Waals surface area contributed by atoms with Gasteiger partial charge in [-0.05, 0) is 242 Å². The van der Waals surface area contributed by atoms with Crippen LogP contribution >= 0.6 is 0 Å². The van der Waals surface area contributed by atoms with Crippen molar-refractivity contribution in [2.24, 2.45) is 0 Å². The molecule has 0 bridgehead atoms. The van der Waals surface area contributed by atoms with E-state index in [1.165, 1.54) is 178 Å². The standard InChI is InChI=1S/C76H78N4/c1-41(2)71-45(9)29-55(30-46(71)10)77(56-31-47(11)72(42(3)4)48(12)32-56)67-27-25-59-61-39-70-62(40-69(61)79-65-23-19-17-21-53(65)37-63(67)75(59)79)60-26-28-68(64-38-54-22-18-20-24-66(54)80(70)76(60)64)78(57-33-49(13)73(43(5)6)50(14)34-57)58-35-51(15)74(44(7)8)52(16)36-58/h17-36,39-44H,37-38H2,1-16H3. The first kappa shape index (κ1) is 51.6. The van der Waals surface area contributed by atoms with Crippen molar-refractivity contribution >= 4 is 77.7 Å². The lowest BCUT2D eigenvalue weighted by molar-refractivity contribution is 0.844. The van der Waals surface area contributed by atoms with Crippen LogP contribution in [0.2, 0.25) is 0 Å². The van der Waals surface area contributed by atoms with Crippen molar-refractivity contribution in [3.8, 4) is 11.4 Å². The first-order valence-electron chi connectivity index (χ1n) is 29.6. The fraction of sp³-hybridized carbons (Fsp3) is 0.289. The molecule has 0 saturated heterocycles. The summed E-state index contributed by atoms with van der Waals surface area (Å²) in [6.45, 7) is 37.1. The van der Waals surface area contributed by atoms with E-state index in [9.17, 15) is 0 Å². The molecule has 0 spiro atoms. The van der Waals surface area contributed by atoms with E-state index in [4.69, 9.17) is 0 Å². The molecule has 2 aromatic heterocycles. The average Bonchev–Trinajstić information content (AvgIpc) is 4.03. The predicted octanol–water partition coefficient (Wildman–Crippen LogP) is 21.6. The molecular formula is C76H78N4. The molecular weight excluding hydrogens is 969 g/mol. The van der Waals surface area contributed by atoms with E-state index < -0.39 is 0 Å². The Kier molecular flexibility index (Phi) is 12.2. The fourth-order valence-electron chi connectivity index (χ4n) is 16.0. The highest BCUT2D eigenvalue weighted by atomic mass is 15.2. The van der Waals surface area contributed by atoms with Crippen LogP contribution in [0.15, 0.2) is 133 Å². The molecule has 13 rings (SSSR count). The molecule has 9 aromatic carbocycles. The average molecular weight is 1050 g/mol. The zero-order valence-electron chi connectivity index (χ0n) is 50.2. The summed E-state index contributed by atoms with van der Waals surface area (Å²) in [6, 6.07) is 52.7. The third-order valence-corrected chi connectivity index (χ3v) is 18.5. The van der Waals surface area contributed by atoms with Crippen molar-refractivity contribution in [1.29, 1.82) is 0 Å². The number of para-hydroxylation sites is 2. The largest absolute Gasteiger partial charge is 0.310 e. The van der Waals surface area contributed by atoms with Crippen LogP contribution in [0.4, 0.5) is 34.1 Å². The molecule has 0 unspecified atom stereocenters. The second-order valence-electron chi connectivity index (χ2n) is 25.3. The molecule has 80 heavy (non-hydrogen) atoms. The van der Waals surface area contributed by atoms with Gasteiger partial charge in [0.15, 0.2) is 0 Å². The SMILES string of the molecule is Cc1cc(N(c2cc(C)c(C(C)C)c(C)c2)c2ccc3c4cc5c(cc4n4c3c2Cc2ccccc2-4)c2ccc(N(c3cc(C)c(C(C)C)c(C)c3)c3cc(C)c(C(C)C)c(C)c3)c3c2n5-c2ccccc2C3)cc(C)c1C(C)C. The third-order valence-electron chi connectivity index (χ3n) is 18.5. The van der Waals surface area contributed by atoms with E-state index in [-0.39, 0.29) is 0 Å². The Hall–Kier alpha value is -7.82. The van der Waals surface area contributed by atoms with Crippen molar-refractivity contribution in [2.45, 2.75) is 147 Å². The number of rotatable bonds is 10. The molecule has 4 heteroatoms. The first-order valence-corrected chi connectivity index (χ1v) is 29.6. The smallest absolute Gasteiger partial charge is 0.0597 e. The number of aromatic nitrogens is 2. The minimum absolute atomic E-state index is 0.440. The fourth-order valence-corrected chi connectivity index (χ4v) is 16.0. The Morgan fingerprint density at radius 1 is 0.325 bits per heavy atom. The van der Waals surface area contributed by atoms with Gasteiger partial charge in [0.25, 0.3) is 0 Å². The lowest BCUT2D eigenvalue weighted by atomic mass is 9.90. The monoisotopic (exact) mass is 1050 g/mol.